The lowest BCUT2D eigenvalue weighted by atomic mass is 10.2. The first-order valence-electron chi connectivity index (χ1n) is 8.49. The third-order valence-electron chi connectivity index (χ3n) is 4.37. The number of hydrogen-bond donors (Lipinski definition) is 2. The zero-order valence-electron chi connectivity index (χ0n) is 14.5. The molecule has 0 amide bonds. The Labute approximate surface area is 150 Å². The summed E-state index contributed by atoms with van der Waals surface area (Å²) in [6, 6.07) is 1.66. The molecule has 2 unspecified atom stereocenters. The van der Waals surface area contributed by atoms with Crippen LogP contribution in [0.25, 0.3) is 0 Å². The summed E-state index contributed by atoms with van der Waals surface area (Å²) in [5, 5.41) is 18.2. The van der Waals surface area contributed by atoms with E-state index in [1.54, 1.807) is 30.6 Å². The van der Waals surface area contributed by atoms with Crippen LogP contribution in [0, 0.1) is 17.2 Å². The van der Waals surface area contributed by atoms with Gasteiger partial charge >= 0.3 is 0 Å². The minimum atomic E-state index is -0.177. The van der Waals surface area contributed by atoms with Crippen LogP contribution in [0.4, 0.5) is 5.69 Å². The van der Waals surface area contributed by atoms with Gasteiger partial charge in [-0.15, -0.1) is 16.4 Å². The highest BCUT2D eigenvalue weighted by Gasteiger charge is 2.40. The van der Waals surface area contributed by atoms with Crippen LogP contribution in [0.15, 0.2) is 22.4 Å². The molecule has 8 heteroatoms. The van der Waals surface area contributed by atoms with Crippen molar-refractivity contribution in [1.82, 2.24) is 14.8 Å². The Morgan fingerprint density at radius 1 is 1.56 bits per heavy atom. The number of nitrogens with one attached hydrogen (secondary N) is 2. The molecule has 3 rings (SSSR count). The molecule has 2 atom stereocenters. The van der Waals surface area contributed by atoms with Crippen LogP contribution in [0.5, 0.6) is 5.88 Å². The summed E-state index contributed by atoms with van der Waals surface area (Å²) in [7, 11) is 1.62. The van der Waals surface area contributed by atoms with E-state index >= 15 is 0 Å². The predicted octanol–water partition coefficient (Wildman–Crippen LogP) is 2.34. The normalized spacial score (nSPS) is 18.8. The molecule has 2 heterocycles. The molecule has 2 aromatic rings. The van der Waals surface area contributed by atoms with Gasteiger partial charge in [0.25, 0.3) is 5.56 Å². The van der Waals surface area contributed by atoms with Crippen molar-refractivity contribution >= 4 is 22.7 Å². The molecule has 0 saturated heterocycles. The van der Waals surface area contributed by atoms with Crippen LogP contribution in [0.1, 0.15) is 24.8 Å². The van der Waals surface area contributed by atoms with Gasteiger partial charge in [-0.05, 0) is 12.8 Å². The van der Waals surface area contributed by atoms with E-state index in [-0.39, 0.29) is 5.56 Å². The van der Waals surface area contributed by atoms with Crippen molar-refractivity contribution in [2.24, 2.45) is 18.9 Å². The molecule has 2 N–H and O–H groups in total. The zero-order chi connectivity index (χ0) is 17.8. The van der Waals surface area contributed by atoms with Crippen molar-refractivity contribution in [1.29, 1.82) is 5.41 Å². The molecular weight excluding hydrogens is 338 g/mol. The number of aromatic nitrogens is 3. The second-order valence-electron chi connectivity index (χ2n) is 6.22. The largest absolute Gasteiger partial charge is 0.476 e. The van der Waals surface area contributed by atoms with Crippen molar-refractivity contribution in [2.75, 3.05) is 18.5 Å². The minimum Gasteiger partial charge on any atom is -0.476 e. The molecule has 1 fully saturated rings. The van der Waals surface area contributed by atoms with Crippen molar-refractivity contribution in [3.8, 4) is 5.88 Å². The van der Waals surface area contributed by atoms with E-state index in [1.165, 1.54) is 4.68 Å². The molecule has 1 aliphatic carbocycles. The third kappa shape index (κ3) is 4.45. The molecule has 134 valence electrons. The van der Waals surface area contributed by atoms with Gasteiger partial charge in [-0.2, -0.15) is 0 Å². The number of aryl methyl sites for hydroxylation is 1. The molecule has 0 radical (unpaired) electrons. The molecular formula is C17H23N5O2S. The maximum atomic E-state index is 12.2. The van der Waals surface area contributed by atoms with Gasteiger partial charge in [-0.3, -0.25) is 4.79 Å². The van der Waals surface area contributed by atoms with Crippen LogP contribution >= 0.6 is 11.3 Å². The fourth-order valence-corrected chi connectivity index (χ4v) is 3.39. The van der Waals surface area contributed by atoms with Crippen molar-refractivity contribution in [3.63, 3.8) is 0 Å². The summed E-state index contributed by atoms with van der Waals surface area (Å²) < 4.78 is 7.06. The Kier molecular flexibility index (Phi) is 5.47. The van der Waals surface area contributed by atoms with E-state index in [2.05, 4.69) is 15.4 Å². The average molecular weight is 361 g/mol. The first kappa shape index (κ1) is 17.6. The maximum absolute atomic E-state index is 12.2. The Morgan fingerprint density at radius 3 is 3.12 bits per heavy atom. The van der Waals surface area contributed by atoms with E-state index in [1.807, 2.05) is 12.3 Å². The molecule has 1 aliphatic rings. The van der Waals surface area contributed by atoms with Gasteiger partial charge in [-0.1, -0.05) is 6.92 Å². The first-order chi connectivity index (χ1) is 12.1. The number of thiazole rings is 1. The Morgan fingerprint density at radius 2 is 2.40 bits per heavy atom. The number of anilines is 1. The maximum Gasteiger partial charge on any atom is 0.290 e. The van der Waals surface area contributed by atoms with Gasteiger partial charge in [0.1, 0.15) is 5.69 Å². The van der Waals surface area contributed by atoms with Crippen LogP contribution in [0.3, 0.4) is 0 Å². The summed E-state index contributed by atoms with van der Waals surface area (Å²) in [5.41, 5.74) is 1.10. The van der Waals surface area contributed by atoms with Crippen molar-refractivity contribution in [3.05, 3.63) is 33.0 Å². The smallest absolute Gasteiger partial charge is 0.290 e. The topological polar surface area (TPSA) is 92.9 Å². The minimum absolute atomic E-state index is 0.177. The van der Waals surface area contributed by atoms with Crippen LogP contribution < -0.4 is 15.6 Å². The summed E-state index contributed by atoms with van der Waals surface area (Å²) in [4.78, 5) is 16.4. The number of rotatable bonds is 9. The van der Waals surface area contributed by atoms with Crippen LogP contribution in [-0.2, 0) is 13.5 Å². The molecule has 2 aromatic heterocycles. The first-order valence-corrected chi connectivity index (χ1v) is 9.37. The van der Waals surface area contributed by atoms with Gasteiger partial charge in [0.05, 0.1) is 11.6 Å². The standard InChI is InChI=1S/C17H23N5O2S/c1-3-13(18)12-8-11(12)10-24-15-9-14(17(23)22(2)21-15)19-5-4-16-20-6-7-25-16/h6-7,9,11-12,18-19H,3-5,8,10H2,1-2H3. The number of ether oxygens (including phenoxy) is 1. The molecule has 7 nitrogen and oxygen atoms in total. The van der Waals surface area contributed by atoms with Gasteiger partial charge in [-0.25, -0.2) is 9.67 Å². The van der Waals surface area contributed by atoms with Gasteiger partial charge < -0.3 is 15.5 Å². The quantitative estimate of drug-likeness (QED) is 0.669. The summed E-state index contributed by atoms with van der Waals surface area (Å²) in [5.74, 6) is 1.19. The van der Waals surface area contributed by atoms with E-state index in [4.69, 9.17) is 10.1 Å². The highest BCUT2D eigenvalue weighted by molar-refractivity contribution is 7.09. The highest BCUT2D eigenvalue weighted by Crippen LogP contribution is 2.40. The Balaban J connectivity index is 1.56. The van der Waals surface area contributed by atoms with E-state index in [9.17, 15) is 4.79 Å². The monoisotopic (exact) mass is 361 g/mol. The summed E-state index contributed by atoms with van der Waals surface area (Å²) in [6.07, 6.45) is 4.35. The zero-order valence-corrected chi connectivity index (χ0v) is 15.3. The lowest BCUT2D eigenvalue weighted by molar-refractivity contribution is 0.277. The highest BCUT2D eigenvalue weighted by atomic mass is 32.1. The predicted molar refractivity (Wildman–Crippen MR) is 98.9 cm³/mol. The fraction of sp³-hybridized carbons (Fsp3) is 0.529. The molecule has 0 bridgehead atoms. The Hall–Kier alpha value is -2.22. The van der Waals surface area contributed by atoms with Gasteiger partial charge in [0, 0.05) is 55.2 Å². The Bertz CT molecular complexity index is 787. The van der Waals surface area contributed by atoms with Gasteiger partial charge in [0.2, 0.25) is 5.88 Å². The lowest BCUT2D eigenvalue weighted by Crippen LogP contribution is -2.24. The number of hydrogen-bond acceptors (Lipinski definition) is 7. The number of nitrogens with zero attached hydrogens (tertiary/aromatic N) is 3. The van der Waals surface area contributed by atoms with Crippen LogP contribution in [0.2, 0.25) is 0 Å². The van der Waals surface area contributed by atoms with E-state index in [0.29, 0.717) is 36.6 Å². The van der Waals surface area contributed by atoms with Crippen molar-refractivity contribution in [2.45, 2.75) is 26.2 Å². The summed E-state index contributed by atoms with van der Waals surface area (Å²) in [6.45, 7) is 3.18. The van der Waals surface area contributed by atoms with Crippen LogP contribution in [-0.4, -0.2) is 33.6 Å². The second kappa shape index (κ2) is 7.77. The average Bonchev–Trinajstić information content (AvgIpc) is 3.20. The van der Waals surface area contributed by atoms with Gasteiger partial charge in [0.15, 0.2) is 0 Å². The fourth-order valence-electron chi connectivity index (χ4n) is 2.77. The second-order valence-corrected chi connectivity index (χ2v) is 7.20. The molecule has 1 saturated carbocycles. The molecule has 0 aromatic carbocycles. The third-order valence-corrected chi connectivity index (χ3v) is 5.21. The molecule has 0 spiro atoms. The molecule has 0 aliphatic heterocycles. The lowest BCUT2D eigenvalue weighted by Gasteiger charge is -2.10. The van der Waals surface area contributed by atoms with E-state index in [0.717, 1.165) is 30.0 Å². The summed E-state index contributed by atoms with van der Waals surface area (Å²) >= 11 is 1.60. The van der Waals surface area contributed by atoms with Crippen molar-refractivity contribution < 1.29 is 4.74 Å². The molecule has 25 heavy (non-hydrogen) atoms. The van der Waals surface area contributed by atoms with E-state index < -0.39 is 0 Å². The SMILES string of the molecule is CCC(=N)C1CC1COc1cc(NCCc2nccs2)c(=O)n(C)n1.